The van der Waals surface area contributed by atoms with Gasteiger partial charge in [-0.25, -0.2) is 9.59 Å². The monoisotopic (exact) mass is 388 g/mol. The third-order valence-electron chi connectivity index (χ3n) is 2.69. The van der Waals surface area contributed by atoms with Gasteiger partial charge in [-0.1, -0.05) is 6.07 Å². The van der Waals surface area contributed by atoms with Gasteiger partial charge in [0.1, 0.15) is 4.90 Å². The fourth-order valence-electron chi connectivity index (χ4n) is 1.79. The predicted molar refractivity (Wildman–Crippen MR) is 99.7 cm³/mol. The summed E-state index contributed by atoms with van der Waals surface area (Å²) in [5, 5.41) is 17.9. The van der Waals surface area contributed by atoms with Crippen LogP contribution in [0.1, 0.15) is 20.7 Å². The van der Waals surface area contributed by atoms with Crippen molar-refractivity contribution in [1.29, 1.82) is 0 Å². The van der Waals surface area contributed by atoms with Gasteiger partial charge >= 0.3 is 45.9 Å². The van der Waals surface area contributed by atoms with E-state index in [-0.39, 0.29) is 21.9 Å². The topological polar surface area (TPSA) is 129 Å². The molecule has 0 aliphatic rings. The molecule has 0 aliphatic heterocycles. The first kappa shape index (κ1) is 21.0. The molecule has 3 N–H and O–H groups in total. The molecular formula is C16H21O7PS. The van der Waals surface area contributed by atoms with E-state index in [0.29, 0.717) is 0 Å². The fourth-order valence-corrected chi connectivity index (χ4v) is 2.52. The van der Waals surface area contributed by atoms with Crippen molar-refractivity contribution in [2.45, 2.75) is 4.90 Å². The number of carboxylic acid groups (broad SMARTS) is 2. The van der Waals surface area contributed by atoms with Gasteiger partial charge in [0.25, 0.3) is 10.1 Å². The van der Waals surface area contributed by atoms with E-state index in [4.69, 9.17) is 14.8 Å². The Bertz CT molecular complexity index is 921. The molecule has 0 aliphatic carbocycles. The molecule has 0 saturated carbocycles. The van der Waals surface area contributed by atoms with Gasteiger partial charge in [0.05, 0.1) is 11.1 Å². The molecule has 7 nitrogen and oxygen atoms in total. The molecule has 25 heavy (non-hydrogen) atoms. The molecule has 2 aromatic carbocycles. The molecule has 0 bridgehead atoms. The van der Waals surface area contributed by atoms with Crippen molar-refractivity contribution in [2.75, 3.05) is 26.7 Å². The molecule has 2 rings (SSSR count). The Morgan fingerprint density at radius 2 is 1.36 bits per heavy atom. The van der Waals surface area contributed by atoms with Crippen molar-refractivity contribution < 1.29 is 32.8 Å². The minimum absolute atomic E-state index is 0.0580. The van der Waals surface area contributed by atoms with Crippen LogP contribution in [0.15, 0.2) is 35.2 Å². The summed E-state index contributed by atoms with van der Waals surface area (Å²) < 4.78 is 31.8. The summed E-state index contributed by atoms with van der Waals surface area (Å²) in [6, 6.07) is 5.53. The number of aromatic carboxylic acids is 2. The first-order valence-electron chi connectivity index (χ1n) is 7.22. The second-order valence-electron chi connectivity index (χ2n) is 7.00. The van der Waals surface area contributed by atoms with Crippen molar-refractivity contribution in [3.8, 4) is 0 Å². The van der Waals surface area contributed by atoms with Gasteiger partial charge in [0.2, 0.25) is 0 Å². The van der Waals surface area contributed by atoms with E-state index in [0.717, 1.165) is 12.1 Å². The average Bonchev–Trinajstić information content (AvgIpc) is 2.42. The molecule has 0 amide bonds. The fraction of sp³-hybridized carbons (Fsp3) is 0.250. The zero-order valence-electron chi connectivity index (χ0n) is 14.3. The van der Waals surface area contributed by atoms with E-state index in [1.807, 2.05) is 0 Å². The molecule has 0 unspecified atom stereocenters. The smallest absolute Gasteiger partial charge is 0.335 e. The van der Waals surface area contributed by atoms with Gasteiger partial charge in [-0.05, 0) is 29.7 Å². The molecule has 0 spiro atoms. The predicted octanol–water partition coefficient (Wildman–Crippen LogP) is 2.74. The minimum atomic E-state index is -4.68. The summed E-state index contributed by atoms with van der Waals surface area (Å²) >= 11 is 0. The summed E-state index contributed by atoms with van der Waals surface area (Å²) in [7, 11) is -5.30. The van der Waals surface area contributed by atoms with Crippen LogP contribution in [-0.4, -0.2) is 61.8 Å². The van der Waals surface area contributed by atoms with Crippen molar-refractivity contribution in [3.63, 3.8) is 0 Å². The summed E-state index contributed by atoms with van der Waals surface area (Å²) in [5.74, 6) is -2.63. The SMILES string of the molecule is C[PH](C)(C)C.O=C(O)c1cc(S(=O)(=O)O)c2cc(C(=O)O)ccc2c1. The number of benzene rings is 2. The van der Waals surface area contributed by atoms with Crippen LogP contribution in [0.3, 0.4) is 0 Å². The van der Waals surface area contributed by atoms with Gasteiger partial charge in [-0.3, -0.25) is 4.55 Å². The number of carboxylic acids is 2. The molecule has 0 radical (unpaired) electrons. The van der Waals surface area contributed by atoms with Crippen LogP contribution >= 0.6 is 7.26 Å². The van der Waals surface area contributed by atoms with Crippen molar-refractivity contribution >= 4 is 40.1 Å². The van der Waals surface area contributed by atoms with E-state index in [1.54, 1.807) is 0 Å². The maximum atomic E-state index is 11.3. The van der Waals surface area contributed by atoms with E-state index in [2.05, 4.69) is 26.7 Å². The first-order chi connectivity index (χ1) is 11.2. The summed E-state index contributed by atoms with van der Waals surface area (Å²) in [6.07, 6.45) is 0. The number of rotatable bonds is 3. The summed E-state index contributed by atoms with van der Waals surface area (Å²) in [6.45, 7) is 9.31. The molecule has 0 atom stereocenters. The third-order valence-corrected chi connectivity index (χ3v) is 3.58. The van der Waals surface area contributed by atoms with Crippen LogP contribution in [0.5, 0.6) is 0 Å². The van der Waals surface area contributed by atoms with Crippen LogP contribution < -0.4 is 0 Å². The van der Waals surface area contributed by atoms with Crippen molar-refractivity contribution in [1.82, 2.24) is 0 Å². The van der Waals surface area contributed by atoms with E-state index < -0.39 is 34.2 Å². The van der Waals surface area contributed by atoms with Crippen LogP contribution in [0.2, 0.25) is 0 Å². The molecule has 0 aromatic heterocycles. The van der Waals surface area contributed by atoms with Gasteiger partial charge in [0, 0.05) is 5.39 Å². The Morgan fingerprint density at radius 1 is 0.880 bits per heavy atom. The Labute approximate surface area is 146 Å². The second kappa shape index (κ2) is 7.47. The van der Waals surface area contributed by atoms with Gasteiger partial charge in [-0.2, -0.15) is 8.42 Å². The quantitative estimate of drug-likeness (QED) is 0.544. The van der Waals surface area contributed by atoms with Crippen LogP contribution in [-0.2, 0) is 10.1 Å². The van der Waals surface area contributed by atoms with E-state index >= 15 is 0 Å². The summed E-state index contributed by atoms with van der Waals surface area (Å²) in [5.41, 5.74) is -0.501. The Balaban J connectivity index is 0.000000550. The Hall–Kier alpha value is -2.02. The molecule has 0 fully saturated rings. The normalized spacial score (nSPS) is 12.2. The van der Waals surface area contributed by atoms with E-state index in [9.17, 15) is 18.0 Å². The van der Waals surface area contributed by atoms with Gasteiger partial charge in [0.15, 0.2) is 0 Å². The Kier molecular flexibility index (Phi) is 6.28. The molecule has 0 saturated heterocycles. The standard InChI is InChI=1S/C12H8O7S.C4H13P/c13-11(14)7-2-1-6-3-8(12(15)16)5-10(9(6)4-7)20(17,18)19;1-5(2,3)4/h1-5H,(H,13,14)(H,15,16)(H,17,18,19);5H,1-4H3. The zero-order valence-corrected chi connectivity index (χ0v) is 16.1. The molecule has 2 aromatic rings. The molecular weight excluding hydrogens is 367 g/mol. The Morgan fingerprint density at radius 3 is 1.76 bits per heavy atom. The van der Waals surface area contributed by atoms with Crippen molar-refractivity contribution in [3.05, 3.63) is 41.5 Å². The second-order valence-corrected chi connectivity index (χ2v) is 14.4. The van der Waals surface area contributed by atoms with E-state index in [1.165, 1.54) is 18.2 Å². The van der Waals surface area contributed by atoms with Gasteiger partial charge in [-0.15, -0.1) is 0 Å². The van der Waals surface area contributed by atoms with Gasteiger partial charge < -0.3 is 10.2 Å². The first-order valence-corrected chi connectivity index (χ1v) is 12.7. The van der Waals surface area contributed by atoms with Crippen LogP contribution in [0.4, 0.5) is 0 Å². The number of hydrogen-bond acceptors (Lipinski definition) is 4. The largest absolute Gasteiger partial charge is 0.478 e. The molecule has 0 heterocycles. The maximum absolute atomic E-state index is 11.3. The maximum Gasteiger partial charge on any atom is 0.335 e. The number of fused-ring (bicyclic) bond motifs is 1. The van der Waals surface area contributed by atoms with Crippen LogP contribution in [0, 0.1) is 0 Å². The molecule has 138 valence electrons. The minimum Gasteiger partial charge on any atom is -0.478 e. The number of carbonyl (C=O) groups is 2. The third kappa shape index (κ3) is 6.42. The summed E-state index contributed by atoms with van der Waals surface area (Å²) in [4.78, 5) is 21.2. The number of hydrogen-bond donors (Lipinski definition) is 3. The molecule has 9 heteroatoms. The van der Waals surface area contributed by atoms with Crippen LogP contribution in [0.25, 0.3) is 10.8 Å². The van der Waals surface area contributed by atoms with Crippen molar-refractivity contribution in [2.24, 2.45) is 0 Å². The average molecular weight is 388 g/mol. The zero-order chi connectivity index (χ0) is 19.6.